The predicted molar refractivity (Wildman–Crippen MR) is 199 cm³/mol. The van der Waals surface area contributed by atoms with Gasteiger partial charge in [-0.15, -0.1) is 10.2 Å². The van der Waals surface area contributed by atoms with E-state index in [1.807, 2.05) is 79.7 Å². The maximum Gasteiger partial charge on any atom is 0.301 e. The number of carbonyl (C=O) groups excluding carboxylic acids is 2. The van der Waals surface area contributed by atoms with Gasteiger partial charge in [0, 0.05) is 16.3 Å². The van der Waals surface area contributed by atoms with Crippen molar-refractivity contribution in [3.63, 3.8) is 0 Å². The molecule has 6 rings (SSSR count). The van der Waals surface area contributed by atoms with Crippen LogP contribution in [-0.4, -0.2) is 33.6 Å². The molecule has 0 saturated carbocycles. The van der Waals surface area contributed by atoms with Crippen LogP contribution < -0.4 is 14.4 Å². The number of nitrogens with zero attached hydrogens (tertiary/aromatic N) is 3. The summed E-state index contributed by atoms with van der Waals surface area (Å²) >= 11 is 8.71. The fourth-order valence-corrected chi connectivity index (χ4v) is 7.46. The fourth-order valence-electron chi connectivity index (χ4n) is 5.52. The normalized spacial score (nSPS) is 15.4. The molecule has 50 heavy (non-hydrogen) atoms. The summed E-state index contributed by atoms with van der Waals surface area (Å²) < 4.78 is 12.5. The van der Waals surface area contributed by atoms with E-state index < -0.39 is 17.7 Å². The van der Waals surface area contributed by atoms with Gasteiger partial charge in [-0.3, -0.25) is 14.5 Å². The Kier molecular flexibility index (Phi) is 11.5. The summed E-state index contributed by atoms with van der Waals surface area (Å²) in [5.74, 6) is 0.0212. The number of carbonyl (C=O) groups is 2. The van der Waals surface area contributed by atoms with Gasteiger partial charge in [-0.2, -0.15) is 0 Å². The zero-order valence-electron chi connectivity index (χ0n) is 27.7. The molecule has 1 aliphatic heterocycles. The van der Waals surface area contributed by atoms with Crippen molar-refractivity contribution in [2.24, 2.45) is 0 Å². The number of halogens is 1. The Morgan fingerprint density at radius 3 is 2.32 bits per heavy atom. The Bertz CT molecular complexity index is 1980. The molecule has 11 heteroatoms. The number of thioether (sulfide) groups is 1. The second-order valence-electron chi connectivity index (χ2n) is 11.8. The second-order valence-corrected chi connectivity index (χ2v) is 14.4. The van der Waals surface area contributed by atoms with Crippen LogP contribution in [0.1, 0.15) is 60.0 Å². The molecule has 4 aromatic carbocycles. The highest BCUT2D eigenvalue weighted by Crippen LogP contribution is 2.44. The minimum atomic E-state index is -0.941. The third-order valence-electron chi connectivity index (χ3n) is 8.32. The molecule has 0 bridgehead atoms. The number of hydrogen-bond donors (Lipinski definition) is 1. The van der Waals surface area contributed by atoms with Gasteiger partial charge < -0.3 is 14.6 Å². The molecule has 1 amide bonds. The van der Waals surface area contributed by atoms with Gasteiger partial charge in [0.05, 0.1) is 18.2 Å². The highest BCUT2D eigenvalue weighted by atomic mass is 35.5. The van der Waals surface area contributed by atoms with Crippen molar-refractivity contribution in [3.8, 4) is 11.5 Å². The van der Waals surface area contributed by atoms with Crippen molar-refractivity contribution < 1.29 is 24.2 Å². The Morgan fingerprint density at radius 1 is 0.900 bits per heavy atom. The fraction of sp³-hybridized carbons (Fsp3) is 0.231. The molecule has 1 atom stereocenters. The number of aryl methyl sites for hydroxylation is 1. The van der Waals surface area contributed by atoms with Crippen molar-refractivity contribution in [2.45, 2.75) is 55.9 Å². The first-order valence-corrected chi connectivity index (χ1v) is 18.5. The number of benzene rings is 4. The summed E-state index contributed by atoms with van der Waals surface area (Å²) in [6.07, 6.45) is 3.12. The lowest BCUT2D eigenvalue weighted by atomic mass is 9.95. The number of amides is 1. The Hall–Kier alpha value is -4.64. The van der Waals surface area contributed by atoms with Crippen LogP contribution in [-0.2, 0) is 21.9 Å². The Morgan fingerprint density at radius 2 is 1.60 bits per heavy atom. The molecule has 2 heterocycles. The Labute approximate surface area is 304 Å². The summed E-state index contributed by atoms with van der Waals surface area (Å²) in [5, 5.41) is 21.2. The minimum absolute atomic E-state index is 0.0363. The molecular formula is C39H36ClN3O5S2. The highest BCUT2D eigenvalue weighted by molar-refractivity contribution is 8.00. The van der Waals surface area contributed by atoms with E-state index >= 15 is 0 Å². The van der Waals surface area contributed by atoms with E-state index in [-0.39, 0.29) is 16.5 Å². The first-order valence-electron chi connectivity index (χ1n) is 16.3. The smallest absolute Gasteiger partial charge is 0.301 e. The molecule has 1 fully saturated rings. The van der Waals surface area contributed by atoms with Gasteiger partial charge >= 0.3 is 5.91 Å². The summed E-state index contributed by atoms with van der Waals surface area (Å²) in [6.45, 7) is 5.16. The van der Waals surface area contributed by atoms with E-state index in [2.05, 4.69) is 17.1 Å². The summed E-state index contributed by atoms with van der Waals surface area (Å²) in [5.41, 5.74) is 4.22. The van der Waals surface area contributed by atoms with Crippen LogP contribution in [0.15, 0.2) is 107 Å². The van der Waals surface area contributed by atoms with Crippen molar-refractivity contribution in [3.05, 3.63) is 135 Å². The average Bonchev–Trinajstić information content (AvgIpc) is 3.71. The van der Waals surface area contributed by atoms with Gasteiger partial charge in [0.15, 0.2) is 4.34 Å². The lowest BCUT2D eigenvalue weighted by molar-refractivity contribution is -0.132. The highest BCUT2D eigenvalue weighted by Gasteiger charge is 2.48. The third-order valence-corrected chi connectivity index (χ3v) is 10.7. The topological polar surface area (TPSA) is 102 Å². The monoisotopic (exact) mass is 725 g/mol. The number of anilines is 1. The van der Waals surface area contributed by atoms with Crippen molar-refractivity contribution in [1.82, 2.24) is 10.2 Å². The standard InChI is InChI=1S/C39H36ClN3O5S2/c1-3-4-7-22-47-31-18-12-27(13-19-31)34-33(35(44)28-14-20-32(21-15-28)48-23-29-9-6-5-8-25(29)2)36(45)37(46)43(34)38-41-42-39(50-38)49-24-26-10-16-30(40)17-11-26/h5-6,8-21,34,44H,3-4,7,22-24H2,1-2H3/b35-33+. The number of ether oxygens (including phenoxy) is 2. The van der Waals surface area contributed by atoms with E-state index in [0.29, 0.717) is 51.0 Å². The van der Waals surface area contributed by atoms with Gasteiger partial charge in [-0.25, -0.2) is 0 Å². The number of unbranched alkanes of at least 4 members (excludes halogenated alkanes) is 2. The lowest BCUT2D eigenvalue weighted by Gasteiger charge is -2.22. The molecule has 1 N–H and O–H groups in total. The summed E-state index contributed by atoms with van der Waals surface area (Å²) in [7, 11) is 0. The van der Waals surface area contributed by atoms with Crippen LogP contribution >= 0.6 is 34.7 Å². The van der Waals surface area contributed by atoms with Gasteiger partial charge in [0.2, 0.25) is 5.13 Å². The van der Waals surface area contributed by atoms with E-state index in [1.54, 1.807) is 24.3 Å². The molecular weight excluding hydrogens is 690 g/mol. The molecule has 0 aliphatic carbocycles. The number of Topliss-reactive ketones (excluding diaryl/α,β-unsaturated/α-hetero) is 1. The average molecular weight is 726 g/mol. The lowest BCUT2D eigenvalue weighted by Crippen LogP contribution is -2.29. The van der Waals surface area contributed by atoms with Crippen LogP contribution in [0, 0.1) is 6.92 Å². The van der Waals surface area contributed by atoms with Crippen molar-refractivity contribution >= 4 is 57.3 Å². The maximum absolute atomic E-state index is 13.7. The van der Waals surface area contributed by atoms with Crippen LogP contribution in [0.3, 0.4) is 0 Å². The number of ketones is 1. The molecule has 1 aliphatic rings. The van der Waals surface area contributed by atoms with Crippen LogP contribution in [0.4, 0.5) is 5.13 Å². The molecule has 8 nitrogen and oxygen atoms in total. The van der Waals surface area contributed by atoms with E-state index in [0.717, 1.165) is 36.0 Å². The van der Waals surface area contributed by atoms with Crippen molar-refractivity contribution in [1.29, 1.82) is 0 Å². The maximum atomic E-state index is 13.7. The molecule has 0 radical (unpaired) electrons. The number of aromatic nitrogens is 2. The molecule has 5 aromatic rings. The van der Waals surface area contributed by atoms with Crippen LogP contribution in [0.2, 0.25) is 5.02 Å². The first kappa shape index (κ1) is 35.2. The van der Waals surface area contributed by atoms with Gasteiger partial charge in [0.25, 0.3) is 5.78 Å². The predicted octanol–water partition coefficient (Wildman–Crippen LogP) is 9.57. The summed E-state index contributed by atoms with van der Waals surface area (Å²) in [6, 6.07) is 28.7. The number of aliphatic hydroxyl groups is 1. The molecule has 1 unspecified atom stereocenters. The van der Waals surface area contributed by atoms with Gasteiger partial charge in [-0.1, -0.05) is 103 Å². The van der Waals surface area contributed by atoms with Crippen LogP contribution in [0.25, 0.3) is 5.76 Å². The van der Waals surface area contributed by atoms with Crippen molar-refractivity contribution in [2.75, 3.05) is 11.5 Å². The molecule has 1 saturated heterocycles. The summed E-state index contributed by atoms with van der Waals surface area (Å²) in [4.78, 5) is 28.8. The van der Waals surface area contributed by atoms with Gasteiger partial charge in [0.1, 0.15) is 23.9 Å². The first-order chi connectivity index (χ1) is 24.3. The molecule has 256 valence electrons. The number of aliphatic hydroxyl groups excluding tert-OH is 1. The van der Waals surface area contributed by atoms with E-state index in [1.165, 1.54) is 28.0 Å². The van der Waals surface area contributed by atoms with E-state index in [4.69, 9.17) is 21.1 Å². The minimum Gasteiger partial charge on any atom is -0.507 e. The Balaban J connectivity index is 1.29. The quantitative estimate of drug-likeness (QED) is 0.0302. The third kappa shape index (κ3) is 8.21. The number of rotatable bonds is 14. The second kappa shape index (κ2) is 16.4. The SMILES string of the molecule is CCCCCOc1ccc(C2/C(=C(\O)c3ccc(OCc4ccccc4C)cc3)C(=O)C(=O)N2c2nnc(SCc3ccc(Cl)cc3)s2)cc1. The zero-order valence-corrected chi connectivity index (χ0v) is 30.1. The van der Waals surface area contributed by atoms with E-state index in [9.17, 15) is 14.7 Å². The molecule has 1 aromatic heterocycles. The van der Waals surface area contributed by atoms with Gasteiger partial charge in [-0.05, 0) is 84.1 Å². The number of hydrogen-bond acceptors (Lipinski definition) is 9. The molecule has 0 spiro atoms. The zero-order chi connectivity index (χ0) is 35.0. The van der Waals surface area contributed by atoms with Crippen LogP contribution in [0.5, 0.6) is 11.5 Å². The largest absolute Gasteiger partial charge is 0.507 e.